The molecule has 62 heavy (non-hydrogen) atoms. The van der Waals surface area contributed by atoms with Gasteiger partial charge < -0.3 is 15.4 Å². The second-order valence-corrected chi connectivity index (χ2v) is 16.2. The van der Waals surface area contributed by atoms with Crippen molar-refractivity contribution >= 4 is 104 Å². The number of carbonyl (C=O) groups is 2. The second kappa shape index (κ2) is 20.2. The van der Waals surface area contributed by atoms with Crippen LogP contribution in [0.15, 0.2) is 150 Å². The van der Waals surface area contributed by atoms with Gasteiger partial charge in [0.2, 0.25) is 0 Å². The van der Waals surface area contributed by atoms with Crippen molar-refractivity contribution in [1.82, 2.24) is 10.0 Å². The first kappa shape index (κ1) is 44.6. The molecule has 2 unspecified atom stereocenters. The van der Waals surface area contributed by atoms with E-state index in [4.69, 9.17) is 69.6 Å². The Kier molecular flexibility index (Phi) is 14.5. The number of rotatable bonds is 8. The van der Waals surface area contributed by atoms with E-state index in [-0.39, 0.29) is 23.6 Å². The number of nitrogens with zero attached hydrogens (tertiary/aromatic N) is 4. The Morgan fingerprint density at radius 1 is 0.548 bits per heavy atom. The average Bonchev–Trinajstić information content (AvgIpc) is 3.92. The van der Waals surface area contributed by atoms with E-state index in [1.165, 1.54) is 22.2 Å². The van der Waals surface area contributed by atoms with Crippen LogP contribution >= 0.6 is 69.6 Å². The molecule has 4 amide bonds. The van der Waals surface area contributed by atoms with E-state index >= 15 is 0 Å². The number of hydrogen-bond acceptors (Lipinski definition) is 5. The number of ether oxygens (including phenoxy) is 1. The molecule has 2 aliphatic heterocycles. The number of urea groups is 2. The number of alkyl halides is 2. The number of amides is 4. The van der Waals surface area contributed by atoms with E-state index in [0.29, 0.717) is 65.9 Å². The minimum Gasteiger partial charge on any atom is -0.435 e. The zero-order valence-corrected chi connectivity index (χ0v) is 36.5. The number of nitrogens with one attached hydrogen (secondary N) is 2. The zero-order valence-electron chi connectivity index (χ0n) is 32.0. The number of carbonyl (C=O) groups excluding carboxylic acids is 2. The third-order valence-electron chi connectivity index (χ3n) is 9.63. The quantitative estimate of drug-likeness (QED) is 0.159. The Bertz CT molecular complexity index is 2620. The molecule has 9 nitrogen and oxygen atoms in total. The molecule has 6 aromatic carbocycles. The first-order chi connectivity index (χ1) is 29.8. The van der Waals surface area contributed by atoms with Crippen molar-refractivity contribution in [3.63, 3.8) is 0 Å². The summed E-state index contributed by atoms with van der Waals surface area (Å²) in [7, 11) is 0. The topological polar surface area (TPSA) is 98.6 Å². The van der Waals surface area contributed by atoms with E-state index < -0.39 is 12.6 Å². The third-order valence-corrected chi connectivity index (χ3v) is 11.6. The summed E-state index contributed by atoms with van der Waals surface area (Å²) in [5, 5.41) is 20.2. The zero-order chi connectivity index (χ0) is 43.9. The van der Waals surface area contributed by atoms with Crippen LogP contribution in [-0.4, -0.2) is 53.2 Å². The molecule has 2 heterocycles. The Balaban J connectivity index is 0.000000187. The summed E-state index contributed by atoms with van der Waals surface area (Å²) in [6, 6.07) is 39.6. The van der Waals surface area contributed by atoms with Gasteiger partial charge in [0.05, 0.1) is 44.6 Å². The van der Waals surface area contributed by atoms with Crippen LogP contribution < -0.4 is 15.4 Å². The molecule has 0 aliphatic carbocycles. The predicted molar refractivity (Wildman–Crippen MR) is 245 cm³/mol. The van der Waals surface area contributed by atoms with Crippen LogP contribution in [0.5, 0.6) is 5.75 Å². The lowest BCUT2D eigenvalue weighted by Gasteiger charge is -2.16. The van der Waals surface area contributed by atoms with E-state index in [9.17, 15) is 18.4 Å². The summed E-state index contributed by atoms with van der Waals surface area (Å²) in [6.07, 6.45) is 0. The van der Waals surface area contributed by atoms with Gasteiger partial charge in [0.15, 0.2) is 0 Å². The summed E-state index contributed by atoms with van der Waals surface area (Å²) in [4.78, 5) is 25.7. The van der Waals surface area contributed by atoms with Gasteiger partial charge in [-0.1, -0.05) is 124 Å². The maximum atomic E-state index is 12.9. The first-order valence-electron chi connectivity index (χ1n) is 18.7. The van der Waals surface area contributed by atoms with Crippen molar-refractivity contribution in [1.29, 1.82) is 0 Å². The average molecular weight is 956 g/mol. The number of anilines is 2. The maximum absolute atomic E-state index is 12.9. The molecule has 2 aliphatic rings. The molecule has 0 fully saturated rings. The summed E-state index contributed by atoms with van der Waals surface area (Å²) in [6.45, 7) is -2.21. The molecular weight excluding hydrogens is 923 g/mol. The van der Waals surface area contributed by atoms with Gasteiger partial charge in [-0.3, -0.25) is 0 Å². The standard InChI is InChI=1S/C23H17Cl2F2N3O2.C22H15Cl4N3O/c24-19-11-8-16(12-20(19)25)28-23(31)30-13-18(14-4-2-1-3-5-14)21(29-30)15-6-9-17(10-7-15)32-22(26)27;23-15-5-1-13(2-6-15)18-12-29(28-21(18)14-3-7-16(24)8-4-14)22(30)27-17-9-10-19(25)20(26)11-17/h1-12,18,22H,13H2,(H,28,31);1-11,18H,12H2,(H,27,30). The minimum atomic E-state index is -2.90. The van der Waals surface area contributed by atoms with Crippen LogP contribution in [0.4, 0.5) is 29.7 Å². The Hall–Kier alpha value is -5.40. The first-order valence-corrected chi connectivity index (χ1v) is 20.9. The van der Waals surface area contributed by atoms with Gasteiger partial charge in [0.25, 0.3) is 0 Å². The summed E-state index contributed by atoms with van der Waals surface area (Å²) in [5.41, 5.74) is 6.02. The number of halogens is 8. The number of hydrazone groups is 2. The van der Waals surface area contributed by atoms with Crippen LogP contribution in [0.1, 0.15) is 34.1 Å². The maximum Gasteiger partial charge on any atom is 0.387 e. The lowest BCUT2D eigenvalue weighted by molar-refractivity contribution is -0.0498. The lowest BCUT2D eigenvalue weighted by Crippen LogP contribution is -2.30. The highest BCUT2D eigenvalue weighted by molar-refractivity contribution is 6.42. The fourth-order valence-corrected chi connectivity index (χ4v) is 7.48. The van der Waals surface area contributed by atoms with Crippen LogP contribution in [-0.2, 0) is 0 Å². The highest BCUT2D eigenvalue weighted by Gasteiger charge is 2.34. The van der Waals surface area contributed by atoms with Gasteiger partial charge in [-0.05, 0) is 107 Å². The molecule has 6 aromatic rings. The van der Waals surface area contributed by atoms with Crippen molar-refractivity contribution < 1.29 is 23.1 Å². The molecule has 0 saturated heterocycles. The lowest BCUT2D eigenvalue weighted by atomic mass is 9.90. The fourth-order valence-electron chi connectivity index (χ4n) is 6.63. The molecule has 0 radical (unpaired) electrons. The van der Waals surface area contributed by atoms with Gasteiger partial charge in [0.1, 0.15) is 5.75 Å². The van der Waals surface area contributed by atoms with E-state index in [2.05, 4.69) is 25.6 Å². The van der Waals surface area contributed by atoms with Crippen molar-refractivity contribution in [2.24, 2.45) is 10.2 Å². The molecule has 2 N–H and O–H groups in total. The molecule has 316 valence electrons. The largest absolute Gasteiger partial charge is 0.435 e. The molecular formula is C45H32Cl6F2N6O3. The Morgan fingerprint density at radius 3 is 1.40 bits per heavy atom. The SMILES string of the molecule is O=C(Nc1ccc(Cl)c(Cl)c1)N1CC(c2ccc(Cl)cc2)C(c2ccc(Cl)cc2)=N1.O=C(Nc1ccc(Cl)c(Cl)c1)N1CC(c2ccccc2)C(c2ccc(OC(F)F)cc2)=N1. The molecule has 17 heteroatoms. The molecule has 2 atom stereocenters. The number of benzene rings is 6. The Labute approximate surface area is 385 Å². The third kappa shape index (κ3) is 11.2. The minimum absolute atomic E-state index is 0.0489. The van der Waals surface area contributed by atoms with Crippen molar-refractivity contribution in [2.45, 2.75) is 18.4 Å². The Morgan fingerprint density at radius 2 is 0.968 bits per heavy atom. The van der Waals surface area contributed by atoms with Crippen LogP contribution in [0.2, 0.25) is 30.1 Å². The van der Waals surface area contributed by atoms with Gasteiger partial charge in [0, 0.05) is 33.3 Å². The smallest absolute Gasteiger partial charge is 0.387 e. The van der Waals surface area contributed by atoms with Crippen molar-refractivity contribution in [3.05, 3.63) is 192 Å². The predicted octanol–water partition coefficient (Wildman–Crippen LogP) is 14.0. The van der Waals surface area contributed by atoms with Crippen LogP contribution in [0.25, 0.3) is 0 Å². The molecule has 0 bridgehead atoms. The second-order valence-electron chi connectivity index (χ2n) is 13.7. The number of hydrogen-bond donors (Lipinski definition) is 2. The van der Waals surface area contributed by atoms with E-state index in [1.54, 1.807) is 60.7 Å². The van der Waals surface area contributed by atoms with Gasteiger partial charge in [-0.15, -0.1) is 0 Å². The fraction of sp³-hybridized carbons (Fsp3) is 0.111. The van der Waals surface area contributed by atoms with Crippen molar-refractivity contribution in [2.75, 3.05) is 23.7 Å². The highest BCUT2D eigenvalue weighted by atomic mass is 35.5. The van der Waals surface area contributed by atoms with Gasteiger partial charge >= 0.3 is 18.7 Å². The van der Waals surface area contributed by atoms with E-state index in [0.717, 1.165) is 22.4 Å². The van der Waals surface area contributed by atoms with Crippen LogP contribution in [0.3, 0.4) is 0 Å². The molecule has 0 spiro atoms. The highest BCUT2D eigenvalue weighted by Crippen LogP contribution is 2.33. The van der Waals surface area contributed by atoms with Gasteiger partial charge in [-0.25, -0.2) is 19.6 Å². The molecule has 0 aromatic heterocycles. The monoisotopic (exact) mass is 952 g/mol. The molecule has 0 saturated carbocycles. The van der Waals surface area contributed by atoms with Crippen LogP contribution in [0, 0.1) is 0 Å². The summed E-state index contributed by atoms with van der Waals surface area (Å²) < 4.78 is 29.3. The summed E-state index contributed by atoms with van der Waals surface area (Å²) in [5.74, 6) is -0.256. The normalized spacial score (nSPS) is 15.7. The van der Waals surface area contributed by atoms with E-state index in [1.807, 2.05) is 66.7 Å². The summed E-state index contributed by atoms with van der Waals surface area (Å²) >= 11 is 36.0. The van der Waals surface area contributed by atoms with Gasteiger partial charge in [-0.2, -0.15) is 19.0 Å². The molecule has 8 rings (SSSR count). The van der Waals surface area contributed by atoms with Crippen molar-refractivity contribution in [3.8, 4) is 5.75 Å².